The van der Waals surface area contributed by atoms with Crippen molar-refractivity contribution in [2.75, 3.05) is 13.3 Å². The molecule has 0 aliphatic heterocycles. The van der Waals surface area contributed by atoms with Crippen molar-refractivity contribution in [3.8, 4) is 5.75 Å². The first kappa shape index (κ1) is 15.8. The van der Waals surface area contributed by atoms with Gasteiger partial charge in [0.15, 0.2) is 6.73 Å². The number of benzene rings is 1. The number of carboxylic acid groups (broad SMARTS) is 1. The summed E-state index contributed by atoms with van der Waals surface area (Å²) in [7, 11) is 0. The lowest BCUT2D eigenvalue weighted by atomic mass is 10.1. The Labute approximate surface area is 118 Å². The van der Waals surface area contributed by atoms with Crippen LogP contribution in [0.15, 0.2) is 18.2 Å². The number of ether oxygens (including phenoxy) is 1. The molecule has 6 nitrogen and oxygen atoms in total. The molecule has 6 heteroatoms. The van der Waals surface area contributed by atoms with Crippen molar-refractivity contribution < 1.29 is 19.4 Å². The molecule has 0 aliphatic carbocycles. The normalized spacial score (nSPS) is 9.90. The Balaban J connectivity index is 2.20. The lowest BCUT2D eigenvalue weighted by Gasteiger charge is -2.11. The molecule has 0 aliphatic rings. The van der Waals surface area contributed by atoms with E-state index in [-0.39, 0.29) is 19.2 Å². The molecule has 1 rings (SSSR count). The molecule has 0 fully saturated rings. The van der Waals surface area contributed by atoms with Crippen LogP contribution in [-0.4, -0.2) is 30.4 Å². The molecule has 0 saturated heterocycles. The highest BCUT2D eigenvalue weighted by Crippen LogP contribution is 2.18. The van der Waals surface area contributed by atoms with E-state index in [0.717, 1.165) is 16.9 Å². The standard InChI is InChI=1S/C14H20N2O4/c1-10-5-6-12(11(2)8-10)20-9-16-14(19)15-7-3-4-13(17)18/h5-6,8H,3-4,7,9H2,1-2H3,(H,17,18)(H2,15,16,19). The van der Waals surface area contributed by atoms with Gasteiger partial charge in [0.1, 0.15) is 5.75 Å². The fourth-order valence-corrected chi connectivity index (χ4v) is 1.64. The monoisotopic (exact) mass is 280 g/mol. The number of hydrogen-bond acceptors (Lipinski definition) is 3. The summed E-state index contributed by atoms with van der Waals surface area (Å²) in [5.74, 6) is -0.146. The van der Waals surface area contributed by atoms with Crippen molar-refractivity contribution in [3.05, 3.63) is 29.3 Å². The highest BCUT2D eigenvalue weighted by Gasteiger charge is 2.02. The molecule has 0 heterocycles. The maximum Gasteiger partial charge on any atom is 0.317 e. The number of carbonyl (C=O) groups excluding carboxylic acids is 1. The van der Waals surface area contributed by atoms with Crippen molar-refractivity contribution in [2.24, 2.45) is 0 Å². The van der Waals surface area contributed by atoms with Gasteiger partial charge in [-0.1, -0.05) is 17.7 Å². The Morgan fingerprint density at radius 3 is 2.65 bits per heavy atom. The molecule has 1 aromatic rings. The first-order valence-electron chi connectivity index (χ1n) is 6.42. The Bertz CT molecular complexity index is 474. The fourth-order valence-electron chi connectivity index (χ4n) is 1.64. The first-order chi connectivity index (χ1) is 9.49. The summed E-state index contributed by atoms with van der Waals surface area (Å²) in [6, 6.07) is 5.42. The zero-order chi connectivity index (χ0) is 15.0. The molecule has 3 N–H and O–H groups in total. The molecule has 20 heavy (non-hydrogen) atoms. The van der Waals surface area contributed by atoms with E-state index in [1.807, 2.05) is 32.0 Å². The number of carbonyl (C=O) groups is 2. The number of hydrogen-bond donors (Lipinski definition) is 3. The summed E-state index contributed by atoms with van der Waals surface area (Å²) in [5, 5.41) is 13.5. The van der Waals surface area contributed by atoms with Gasteiger partial charge in [-0.15, -0.1) is 0 Å². The van der Waals surface area contributed by atoms with E-state index in [4.69, 9.17) is 9.84 Å². The van der Waals surface area contributed by atoms with Crippen molar-refractivity contribution in [1.82, 2.24) is 10.6 Å². The van der Waals surface area contributed by atoms with Crippen molar-refractivity contribution in [1.29, 1.82) is 0 Å². The molecule has 0 spiro atoms. The molecule has 110 valence electrons. The lowest BCUT2D eigenvalue weighted by Crippen LogP contribution is -2.38. The van der Waals surface area contributed by atoms with Crippen LogP contribution in [0.4, 0.5) is 4.79 Å². The van der Waals surface area contributed by atoms with E-state index in [9.17, 15) is 9.59 Å². The van der Waals surface area contributed by atoms with Crippen LogP contribution in [0.5, 0.6) is 5.75 Å². The van der Waals surface area contributed by atoms with Crippen LogP contribution in [-0.2, 0) is 4.79 Å². The Kier molecular flexibility index (Phi) is 6.36. The number of amides is 2. The molecule has 0 bridgehead atoms. The number of nitrogens with one attached hydrogen (secondary N) is 2. The molecule has 0 atom stereocenters. The summed E-state index contributed by atoms with van der Waals surface area (Å²) in [5.41, 5.74) is 2.16. The summed E-state index contributed by atoms with van der Waals surface area (Å²) >= 11 is 0. The maximum atomic E-state index is 11.4. The van der Waals surface area contributed by atoms with Gasteiger partial charge in [-0.2, -0.15) is 0 Å². The number of aryl methyl sites for hydroxylation is 2. The fraction of sp³-hybridized carbons (Fsp3) is 0.429. The van der Waals surface area contributed by atoms with E-state index >= 15 is 0 Å². The van der Waals surface area contributed by atoms with Crippen LogP contribution < -0.4 is 15.4 Å². The van der Waals surface area contributed by atoms with Crippen LogP contribution in [0.3, 0.4) is 0 Å². The molecule has 2 amide bonds. The van der Waals surface area contributed by atoms with Crippen LogP contribution >= 0.6 is 0 Å². The van der Waals surface area contributed by atoms with Crippen molar-refractivity contribution >= 4 is 12.0 Å². The van der Waals surface area contributed by atoms with Gasteiger partial charge in [0.05, 0.1) is 0 Å². The molecule has 0 unspecified atom stereocenters. The van der Waals surface area contributed by atoms with Gasteiger partial charge in [0, 0.05) is 13.0 Å². The predicted molar refractivity (Wildman–Crippen MR) is 74.8 cm³/mol. The average molecular weight is 280 g/mol. The second-order valence-corrected chi connectivity index (χ2v) is 4.49. The van der Waals surface area contributed by atoms with Gasteiger partial charge in [-0.3, -0.25) is 4.79 Å². The van der Waals surface area contributed by atoms with Gasteiger partial charge >= 0.3 is 12.0 Å². The molecule has 0 radical (unpaired) electrons. The predicted octanol–water partition coefficient (Wildman–Crippen LogP) is 1.80. The zero-order valence-corrected chi connectivity index (χ0v) is 11.7. The second kappa shape index (κ2) is 8.04. The summed E-state index contributed by atoms with van der Waals surface area (Å²) in [6.07, 6.45) is 0.444. The SMILES string of the molecule is Cc1ccc(OCNC(=O)NCCCC(=O)O)c(C)c1. The third-order valence-corrected chi connectivity index (χ3v) is 2.64. The van der Waals surface area contributed by atoms with Crippen LogP contribution in [0.25, 0.3) is 0 Å². The smallest absolute Gasteiger partial charge is 0.317 e. The van der Waals surface area contributed by atoms with Gasteiger partial charge in [-0.25, -0.2) is 4.79 Å². The average Bonchev–Trinajstić information content (AvgIpc) is 2.37. The first-order valence-corrected chi connectivity index (χ1v) is 6.42. The minimum absolute atomic E-state index is 0.0410. The van der Waals surface area contributed by atoms with E-state index in [0.29, 0.717) is 13.0 Å². The van der Waals surface area contributed by atoms with Gasteiger partial charge < -0.3 is 20.5 Å². The third kappa shape index (κ3) is 6.08. The Morgan fingerprint density at radius 2 is 2.00 bits per heavy atom. The third-order valence-electron chi connectivity index (χ3n) is 2.64. The van der Waals surface area contributed by atoms with Crippen LogP contribution in [0.2, 0.25) is 0 Å². The quantitative estimate of drug-likeness (QED) is 0.525. The molecule has 0 saturated carbocycles. The number of rotatable bonds is 7. The maximum absolute atomic E-state index is 11.4. The largest absolute Gasteiger partial charge is 0.481 e. The van der Waals surface area contributed by atoms with Crippen LogP contribution in [0.1, 0.15) is 24.0 Å². The molecule has 0 aromatic heterocycles. The van der Waals surface area contributed by atoms with Gasteiger partial charge in [-0.05, 0) is 31.9 Å². The number of carboxylic acids is 1. The lowest BCUT2D eigenvalue weighted by molar-refractivity contribution is -0.137. The minimum atomic E-state index is -0.870. The van der Waals surface area contributed by atoms with E-state index in [1.165, 1.54) is 0 Å². The Morgan fingerprint density at radius 1 is 1.25 bits per heavy atom. The highest BCUT2D eigenvalue weighted by atomic mass is 16.5. The molecular formula is C14H20N2O4. The van der Waals surface area contributed by atoms with Gasteiger partial charge in [0.25, 0.3) is 0 Å². The number of urea groups is 1. The van der Waals surface area contributed by atoms with E-state index < -0.39 is 5.97 Å². The van der Waals surface area contributed by atoms with Crippen molar-refractivity contribution in [3.63, 3.8) is 0 Å². The summed E-state index contributed by atoms with van der Waals surface area (Å²) in [6.45, 7) is 4.32. The van der Waals surface area contributed by atoms with Crippen LogP contribution in [0, 0.1) is 13.8 Å². The summed E-state index contributed by atoms with van der Waals surface area (Å²) < 4.78 is 5.44. The topological polar surface area (TPSA) is 87.7 Å². The van der Waals surface area contributed by atoms with Crippen molar-refractivity contribution in [2.45, 2.75) is 26.7 Å². The second-order valence-electron chi connectivity index (χ2n) is 4.49. The number of aliphatic carboxylic acids is 1. The minimum Gasteiger partial charge on any atom is -0.481 e. The highest BCUT2D eigenvalue weighted by molar-refractivity contribution is 5.73. The zero-order valence-electron chi connectivity index (χ0n) is 11.7. The van der Waals surface area contributed by atoms with E-state index in [1.54, 1.807) is 0 Å². The molecule has 1 aromatic carbocycles. The summed E-state index contributed by atoms with van der Waals surface area (Å²) in [4.78, 5) is 21.6. The van der Waals surface area contributed by atoms with E-state index in [2.05, 4.69) is 10.6 Å². The van der Waals surface area contributed by atoms with Gasteiger partial charge in [0.2, 0.25) is 0 Å². The molecular weight excluding hydrogens is 260 g/mol. The Hall–Kier alpha value is -2.24.